The van der Waals surface area contributed by atoms with E-state index in [0.29, 0.717) is 16.7 Å². The standard InChI is InChI=1S/C21H20N6OS/c1-2-16-9-3-4-10-17(16)23-19(28)15-29-21-25-24-20(18-11-5-6-12-22-18)27(21)26-13-7-8-14-26/h3-14H,2,15H2,1H3,(H,23,28). The van der Waals surface area contributed by atoms with Crippen LogP contribution in [0.15, 0.2) is 78.3 Å². The summed E-state index contributed by atoms with van der Waals surface area (Å²) in [6.45, 7) is 2.07. The number of nitrogens with zero attached hydrogens (tertiary/aromatic N) is 5. The average Bonchev–Trinajstić information content (AvgIpc) is 3.43. The molecule has 0 fully saturated rings. The number of hydrogen-bond donors (Lipinski definition) is 1. The molecule has 29 heavy (non-hydrogen) atoms. The second-order valence-electron chi connectivity index (χ2n) is 6.24. The van der Waals surface area contributed by atoms with Crippen molar-refractivity contribution in [2.45, 2.75) is 18.5 Å². The molecule has 0 radical (unpaired) electrons. The molecule has 7 nitrogen and oxygen atoms in total. The Hall–Kier alpha value is -3.39. The molecule has 4 aromatic rings. The van der Waals surface area contributed by atoms with Crippen molar-refractivity contribution in [3.8, 4) is 11.5 Å². The quantitative estimate of drug-likeness (QED) is 0.475. The number of thioether (sulfide) groups is 1. The van der Waals surface area contributed by atoms with Crippen LogP contribution in [0.5, 0.6) is 0 Å². The maximum atomic E-state index is 12.5. The minimum absolute atomic E-state index is 0.0858. The van der Waals surface area contributed by atoms with Gasteiger partial charge >= 0.3 is 0 Å². The van der Waals surface area contributed by atoms with Gasteiger partial charge in [-0.3, -0.25) is 14.5 Å². The van der Waals surface area contributed by atoms with Crippen LogP contribution in [0.3, 0.4) is 0 Å². The molecule has 146 valence electrons. The Morgan fingerprint density at radius 2 is 1.83 bits per heavy atom. The first kappa shape index (κ1) is 18.9. The molecule has 0 spiro atoms. The van der Waals surface area contributed by atoms with Crippen molar-refractivity contribution < 1.29 is 4.79 Å². The Morgan fingerprint density at radius 3 is 2.59 bits per heavy atom. The van der Waals surface area contributed by atoms with E-state index in [2.05, 4.69) is 27.4 Å². The summed E-state index contributed by atoms with van der Waals surface area (Å²) in [6.07, 6.45) is 6.38. The van der Waals surface area contributed by atoms with Crippen molar-refractivity contribution in [3.63, 3.8) is 0 Å². The number of hydrogen-bond acceptors (Lipinski definition) is 5. The van der Waals surface area contributed by atoms with Crippen LogP contribution in [0, 0.1) is 0 Å². The summed E-state index contributed by atoms with van der Waals surface area (Å²) < 4.78 is 3.72. The topological polar surface area (TPSA) is 77.6 Å². The van der Waals surface area contributed by atoms with E-state index in [1.807, 2.05) is 76.3 Å². The van der Waals surface area contributed by atoms with E-state index >= 15 is 0 Å². The number of carbonyl (C=O) groups excluding carboxylic acids is 1. The minimum Gasteiger partial charge on any atom is -0.325 e. The third-order valence-corrected chi connectivity index (χ3v) is 5.25. The molecule has 0 saturated heterocycles. The predicted molar refractivity (Wildman–Crippen MR) is 114 cm³/mol. The number of para-hydroxylation sites is 1. The van der Waals surface area contributed by atoms with E-state index in [0.717, 1.165) is 17.7 Å². The molecule has 3 heterocycles. The van der Waals surface area contributed by atoms with Gasteiger partial charge in [0.2, 0.25) is 16.9 Å². The first-order chi connectivity index (χ1) is 14.3. The fraction of sp³-hybridized carbons (Fsp3) is 0.143. The van der Waals surface area contributed by atoms with Gasteiger partial charge in [0.05, 0.1) is 5.75 Å². The zero-order valence-corrected chi connectivity index (χ0v) is 16.7. The van der Waals surface area contributed by atoms with Gasteiger partial charge in [-0.15, -0.1) is 10.2 Å². The highest BCUT2D eigenvalue weighted by atomic mass is 32.2. The van der Waals surface area contributed by atoms with Gasteiger partial charge in [-0.25, -0.2) is 4.68 Å². The molecule has 0 aliphatic heterocycles. The molecule has 1 amide bonds. The molecule has 0 aliphatic rings. The van der Waals surface area contributed by atoms with Gasteiger partial charge in [0, 0.05) is 24.3 Å². The Balaban J connectivity index is 1.55. The zero-order chi connectivity index (χ0) is 20.1. The molecular weight excluding hydrogens is 384 g/mol. The first-order valence-corrected chi connectivity index (χ1v) is 10.3. The average molecular weight is 404 g/mol. The van der Waals surface area contributed by atoms with E-state index < -0.39 is 0 Å². The highest BCUT2D eigenvalue weighted by Crippen LogP contribution is 2.23. The van der Waals surface area contributed by atoms with E-state index in [-0.39, 0.29) is 11.7 Å². The smallest absolute Gasteiger partial charge is 0.234 e. The van der Waals surface area contributed by atoms with Crippen LogP contribution in [0.4, 0.5) is 5.69 Å². The lowest BCUT2D eigenvalue weighted by Gasteiger charge is -2.11. The highest BCUT2D eigenvalue weighted by molar-refractivity contribution is 7.99. The largest absolute Gasteiger partial charge is 0.325 e. The summed E-state index contributed by atoms with van der Waals surface area (Å²) in [7, 11) is 0. The van der Waals surface area contributed by atoms with Crippen molar-refractivity contribution >= 4 is 23.4 Å². The van der Waals surface area contributed by atoms with Crippen LogP contribution < -0.4 is 5.32 Å². The van der Waals surface area contributed by atoms with E-state index in [4.69, 9.17) is 0 Å². The summed E-state index contributed by atoms with van der Waals surface area (Å²) in [5.74, 6) is 0.748. The van der Waals surface area contributed by atoms with Gasteiger partial charge in [-0.05, 0) is 42.3 Å². The van der Waals surface area contributed by atoms with Gasteiger partial charge < -0.3 is 5.32 Å². The molecule has 0 bridgehead atoms. The maximum absolute atomic E-state index is 12.5. The molecule has 0 aliphatic carbocycles. The van der Waals surface area contributed by atoms with E-state index in [1.165, 1.54) is 11.8 Å². The van der Waals surface area contributed by atoms with Crippen LogP contribution in [0.1, 0.15) is 12.5 Å². The second-order valence-corrected chi connectivity index (χ2v) is 7.19. The summed E-state index contributed by atoms with van der Waals surface area (Å²) >= 11 is 1.33. The van der Waals surface area contributed by atoms with Crippen LogP contribution in [-0.2, 0) is 11.2 Å². The SMILES string of the molecule is CCc1ccccc1NC(=O)CSc1nnc(-c2ccccn2)n1-n1cccc1. The van der Waals surface area contributed by atoms with Crippen molar-refractivity contribution in [1.82, 2.24) is 24.5 Å². The Labute approximate surface area is 172 Å². The Bertz CT molecular complexity index is 1090. The molecule has 1 aromatic carbocycles. The van der Waals surface area contributed by atoms with Crippen LogP contribution >= 0.6 is 11.8 Å². The van der Waals surface area contributed by atoms with Gasteiger partial charge in [0.1, 0.15) is 5.69 Å². The van der Waals surface area contributed by atoms with Crippen LogP contribution in [-0.4, -0.2) is 36.2 Å². The highest BCUT2D eigenvalue weighted by Gasteiger charge is 2.18. The van der Waals surface area contributed by atoms with Crippen LogP contribution in [0.25, 0.3) is 11.5 Å². The van der Waals surface area contributed by atoms with E-state index in [9.17, 15) is 4.79 Å². The summed E-state index contributed by atoms with van der Waals surface area (Å²) in [5, 5.41) is 12.2. The Morgan fingerprint density at radius 1 is 1.03 bits per heavy atom. The number of anilines is 1. The van der Waals surface area contributed by atoms with Gasteiger partial charge in [-0.2, -0.15) is 0 Å². The molecule has 1 N–H and O–H groups in total. The minimum atomic E-state index is -0.0858. The number of aromatic nitrogens is 5. The number of aryl methyl sites for hydroxylation is 1. The molecule has 3 aromatic heterocycles. The third-order valence-electron chi connectivity index (χ3n) is 4.33. The van der Waals surface area contributed by atoms with Crippen molar-refractivity contribution in [2.75, 3.05) is 11.1 Å². The molecule has 0 saturated carbocycles. The lowest BCUT2D eigenvalue weighted by molar-refractivity contribution is -0.113. The fourth-order valence-corrected chi connectivity index (χ4v) is 3.68. The molecular formula is C21H20N6OS. The lowest BCUT2D eigenvalue weighted by atomic mass is 10.1. The predicted octanol–water partition coefficient (Wildman–Crippen LogP) is 3.75. The fourth-order valence-electron chi connectivity index (χ4n) is 2.94. The maximum Gasteiger partial charge on any atom is 0.234 e. The zero-order valence-electron chi connectivity index (χ0n) is 15.9. The van der Waals surface area contributed by atoms with Crippen molar-refractivity contribution in [2.24, 2.45) is 0 Å². The van der Waals surface area contributed by atoms with Crippen LogP contribution in [0.2, 0.25) is 0 Å². The number of pyridine rings is 1. The monoisotopic (exact) mass is 404 g/mol. The number of nitrogens with one attached hydrogen (secondary N) is 1. The molecule has 4 rings (SSSR count). The van der Waals surface area contributed by atoms with Gasteiger partial charge in [0.25, 0.3) is 0 Å². The molecule has 8 heteroatoms. The number of benzene rings is 1. The third kappa shape index (κ3) is 4.22. The summed E-state index contributed by atoms with van der Waals surface area (Å²) in [6, 6.07) is 17.3. The molecule has 0 atom stereocenters. The van der Waals surface area contributed by atoms with Crippen molar-refractivity contribution in [1.29, 1.82) is 0 Å². The lowest BCUT2D eigenvalue weighted by Crippen LogP contribution is -2.16. The van der Waals surface area contributed by atoms with Crippen molar-refractivity contribution in [3.05, 3.63) is 78.8 Å². The summed E-state index contributed by atoms with van der Waals surface area (Å²) in [5.41, 5.74) is 2.67. The second kappa shape index (κ2) is 8.74. The van der Waals surface area contributed by atoms with E-state index in [1.54, 1.807) is 6.20 Å². The van der Waals surface area contributed by atoms with Gasteiger partial charge in [-0.1, -0.05) is 43.0 Å². The normalized spacial score (nSPS) is 10.8. The number of carbonyl (C=O) groups is 1. The Kier molecular flexibility index (Phi) is 5.71. The number of rotatable bonds is 7. The van der Waals surface area contributed by atoms with Gasteiger partial charge in [0.15, 0.2) is 0 Å². The first-order valence-electron chi connectivity index (χ1n) is 9.27. The molecule has 0 unspecified atom stereocenters. The summed E-state index contributed by atoms with van der Waals surface area (Å²) in [4.78, 5) is 16.9. The number of amides is 1.